The van der Waals surface area contributed by atoms with E-state index in [1.165, 1.54) is 18.2 Å². The van der Waals surface area contributed by atoms with E-state index in [0.29, 0.717) is 21.3 Å². The molecule has 0 saturated carbocycles. The van der Waals surface area contributed by atoms with Gasteiger partial charge < -0.3 is 5.11 Å². The van der Waals surface area contributed by atoms with Gasteiger partial charge in [-0.3, -0.25) is 4.72 Å². The normalized spacial score (nSPS) is 11.3. The Kier molecular flexibility index (Phi) is 4.06. The van der Waals surface area contributed by atoms with Crippen LogP contribution in [0, 0.1) is 13.8 Å². The van der Waals surface area contributed by atoms with Crippen molar-refractivity contribution in [2.75, 3.05) is 4.72 Å². The third-order valence-electron chi connectivity index (χ3n) is 2.89. The first kappa shape index (κ1) is 14.9. The number of aryl methyl sites for hydroxylation is 2. The minimum absolute atomic E-state index is 0.101. The molecule has 2 aromatic carbocycles. The number of nitrogens with one attached hydrogen (secondary N) is 1. The molecule has 0 bridgehead atoms. The van der Waals surface area contributed by atoms with Crippen molar-refractivity contribution in [1.82, 2.24) is 0 Å². The van der Waals surface area contributed by atoms with Crippen LogP contribution in [0.1, 0.15) is 11.1 Å². The molecule has 0 aliphatic rings. The number of phenols is 1. The second kappa shape index (κ2) is 5.46. The highest BCUT2D eigenvalue weighted by molar-refractivity contribution is 9.10. The summed E-state index contributed by atoms with van der Waals surface area (Å²) in [6.07, 6.45) is 0. The Hall–Kier alpha value is -1.53. The van der Waals surface area contributed by atoms with Crippen molar-refractivity contribution >= 4 is 31.6 Å². The van der Waals surface area contributed by atoms with Gasteiger partial charge in [0.2, 0.25) is 0 Å². The van der Waals surface area contributed by atoms with Crippen LogP contribution in [0.4, 0.5) is 5.69 Å². The molecule has 0 aliphatic carbocycles. The Morgan fingerprint density at radius 1 is 1.05 bits per heavy atom. The van der Waals surface area contributed by atoms with Crippen LogP contribution in [0.3, 0.4) is 0 Å². The molecule has 20 heavy (non-hydrogen) atoms. The van der Waals surface area contributed by atoms with E-state index in [1.54, 1.807) is 32.0 Å². The third-order valence-corrected chi connectivity index (χ3v) is 4.89. The van der Waals surface area contributed by atoms with Gasteiger partial charge in [-0.15, -0.1) is 0 Å². The molecule has 0 aliphatic heterocycles. The van der Waals surface area contributed by atoms with E-state index in [0.717, 1.165) is 0 Å². The van der Waals surface area contributed by atoms with E-state index in [1.807, 2.05) is 0 Å². The summed E-state index contributed by atoms with van der Waals surface area (Å²) < 4.78 is 28.1. The van der Waals surface area contributed by atoms with Crippen molar-refractivity contribution in [3.8, 4) is 5.75 Å². The number of phenolic OH excluding ortho intramolecular Hbond substituents is 1. The molecular formula is C14H14BrNO3S. The van der Waals surface area contributed by atoms with Gasteiger partial charge >= 0.3 is 0 Å². The summed E-state index contributed by atoms with van der Waals surface area (Å²) in [5, 5.41) is 9.35. The van der Waals surface area contributed by atoms with Gasteiger partial charge in [0.15, 0.2) is 0 Å². The SMILES string of the molecule is Cc1cc(O)ccc1NS(=O)(=O)c1cc(Br)ccc1C. The number of hydrogen-bond acceptors (Lipinski definition) is 3. The lowest BCUT2D eigenvalue weighted by molar-refractivity contribution is 0.475. The first-order valence-electron chi connectivity index (χ1n) is 5.88. The van der Waals surface area contributed by atoms with Gasteiger partial charge in [-0.05, 0) is 55.3 Å². The van der Waals surface area contributed by atoms with E-state index in [2.05, 4.69) is 20.7 Å². The second-order valence-electron chi connectivity index (χ2n) is 4.51. The van der Waals surface area contributed by atoms with Crippen LogP contribution in [0.25, 0.3) is 0 Å². The molecular weight excluding hydrogens is 342 g/mol. The molecule has 2 aromatic rings. The molecule has 0 amide bonds. The zero-order chi connectivity index (χ0) is 14.9. The molecule has 106 valence electrons. The smallest absolute Gasteiger partial charge is 0.262 e. The average molecular weight is 356 g/mol. The number of anilines is 1. The van der Waals surface area contributed by atoms with Gasteiger partial charge in [0.05, 0.1) is 10.6 Å². The fourth-order valence-electron chi connectivity index (χ4n) is 1.83. The maximum atomic E-state index is 12.4. The van der Waals surface area contributed by atoms with Crippen LogP contribution >= 0.6 is 15.9 Å². The molecule has 0 spiro atoms. The fourth-order valence-corrected chi connectivity index (χ4v) is 3.74. The van der Waals surface area contributed by atoms with Crippen LogP contribution in [-0.2, 0) is 10.0 Å². The molecule has 6 heteroatoms. The Balaban J connectivity index is 2.43. The Labute approximate surface area is 126 Å². The van der Waals surface area contributed by atoms with Crippen LogP contribution in [0.5, 0.6) is 5.75 Å². The number of aromatic hydroxyl groups is 1. The minimum atomic E-state index is -3.66. The molecule has 4 nitrogen and oxygen atoms in total. The summed E-state index contributed by atoms with van der Waals surface area (Å²) in [6.45, 7) is 3.47. The second-order valence-corrected chi connectivity index (χ2v) is 7.08. The van der Waals surface area contributed by atoms with Gasteiger partial charge in [0.1, 0.15) is 5.75 Å². The standard InChI is InChI=1S/C14H14BrNO3S/c1-9-3-4-11(15)8-14(9)20(18,19)16-13-6-5-12(17)7-10(13)2/h3-8,16-17H,1-2H3. The molecule has 0 fully saturated rings. The molecule has 0 aromatic heterocycles. The largest absolute Gasteiger partial charge is 0.508 e. The fraction of sp³-hybridized carbons (Fsp3) is 0.143. The number of hydrogen-bond donors (Lipinski definition) is 2. The van der Waals surface area contributed by atoms with Crippen molar-refractivity contribution < 1.29 is 13.5 Å². The molecule has 0 atom stereocenters. The molecule has 0 radical (unpaired) electrons. The van der Waals surface area contributed by atoms with E-state index in [-0.39, 0.29) is 10.6 Å². The zero-order valence-corrected chi connectivity index (χ0v) is 13.4. The maximum absolute atomic E-state index is 12.4. The van der Waals surface area contributed by atoms with Crippen LogP contribution in [0.15, 0.2) is 45.8 Å². The Morgan fingerprint density at radius 3 is 2.40 bits per heavy atom. The highest BCUT2D eigenvalue weighted by Gasteiger charge is 2.18. The predicted octanol–water partition coefficient (Wildman–Crippen LogP) is 3.57. The zero-order valence-electron chi connectivity index (χ0n) is 11.0. The number of rotatable bonds is 3. The molecule has 2 rings (SSSR count). The van der Waals surface area contributed by atoms with Crippen LogP contribution in [0.2, 0.25) is 0 Å². The summed E-state index contributed by atoms with van der Waals surface area (Å²) in [6, 6.07) is 9.58. The topological polar surface area (TPSA) is 66.4 Å². The molecule has 0 heterocycles. The van der Waals surface area contributed by atoms with Gasteiger partial charge in [0.25, 0.3) is 10.0 Å². The first-order chi connectivity index (χ1) is 9.29. The highest BCUT2D eigenvalue weighted by Crippen LogP contribution is 2.26. The first-order valence-corrected chi connectivity index (χ1v) is 8.16. The van der Waals surface area contributed by atoms with Gasteiger partial charge in [0, 0.05) is 4.47 Å². The van der Waals surface area contributed by atoms with Gasteiger partial charge in [-0.2, -0.15) is 0 Å². The summed E-state index contributed by atoms with van der Waals surface area (Å²) in [5.41, 5.74) is 1.76. The van der Waals surface area contributed by atoms with E-state index in [4.69, 9.17) is 0 Å². The molecule has 0 unspecified atom stereocenters. The summed E-state index contributed by atoms with van der Waals surface area (Å²) in [4.78, 5) is 0.222. The number of halogens is 1. The summed E-state index contributed by atoms with van der Waals surface area (Å²) in [7, 11) is -3.66. The summed E-state index contributed by atoms with van der Waals surface area (Å²) >= 11 is 3.27. The van der Waals surface area contributed by atoms with Crippen molar-refractivity contribution in [2.24, 2.45) is 0 Å². The Bertz CT molecular complexity index is 757. The van der Waals surface area contributed by atoms with Crippen LogP contribution < -0.4 is 4.72 Å². The highest BCUT2D eigenvalue weighted by atomic mass is 79.9. The van der Waals surface area contributed by atoms with Crippen molar-refractivity contribution in [1.29, 1.82) is 0 Å². The lowest BCUT2D eigenvalue weighted by atomic mass is 10.2. The van der Waals surface area contributed by atoms with Crippen molar-refractivity contribution in [2.45, 2.75) is 18.7 Å². The average Bonchev–Trinajstić information content (AvgIpc) is 2.35. The summed E-state index contributed by atoms with van der Waals surface area (Å²) in [5.74, 6) is 0.101. The van der Waals surface area contributed by atoms with Crippen molar-refractivity contribution in [3.05, 3.63) is 52.0 Å². The van der Waals surface area contributed by atoms with Crippen molar-refractivity contribution in [3.63, 3.8) is 0 Å². The lowest BCUT2D eigenvalue weighted by Crippen LogP contribution is -2.15. The lowest BCUT2D eigenvalue weighted by Gasteiger charge is -2.12. The molecule has 0 saturated heterocycles. The maximum Gasteiger partial charge on any atom is 0.262 e. The van der Waals surface area contributed by atoms with Gasteiger partial charge in [-0.1, -0.05) is 22.0 Å². The monoisotopic (exact) mass is 355 g/mol. The number of benzene rings is 2. The van der Waals surface area contributed by atoms with Gasteiger partial charge in [-0.25, -0.2) is 8.42 Å². The predicted molar refractivity (Wildman–Crippen MR) is 82.5 cm³/mol. The number of sulfonamides is 1. The van der Waals surface area contributed by atoms with E-state index >= 15 is 0 Å². The quantitative estimate of drug-likeness (QED) is 0.827. The minimum Gasteiger partial charge on any atom is -0.508 e. The molecule has 2 N–H and O–H groups in total. The van der Waals surface area contributed by atoms with E-state index < -0.39 is 10.0 Å². The third kappa shape index (κ3) is 3.13. The Morgan fingerprint density at radius 2 is 1.75 bits per heavy atom. The van der Waals surface area contributed by atoms with Crippen LogP contribution in [-0.4, -0.2) is 13.5 Å². The van der Waals surface area contributed by atoms with E-state index in [9.17, 15) is 13.5 Å².